The fourth-order valence-electron chi connectivity index (χ4n) is 2.14. The zero-order chi connectivity index (χ0) is 15.4. The highest BCUT2D eigenvalue weighted by Crippen LogP contribution is 2.23. The fourth-order valence-corrected chi connectivity index (χ4v) is 2.37. The Morgan fingerprint density at radius 3 is 2.36 bits per heavy atom. The topological polar surface area (TPSA) is 35.0 Å². The predicted octanol–water partition coefficient (Wildman–Crippen LogP) is 4.68. The molecule has 0 aliphatic carbocycles. The van der Waals surface area contributed by atoms with Crippen molar-refractivity contribution in [3.05, 3.63) is 77.2 Å². The highest BCUT2D eigenvalue weighted by Gasteiger charge is 2.04. The molecule has 0 radical (unpaired) electrons. The van der Waals surface area contributed by atoms with E-state index in [1.807, 2.05) is 61.5 Å². The number of benzene rings is 2. The van der Waals surface area contributed by atoms with Gasteiger partial charge in [-0.05, 0) is 36.8 Å². The lowest BCUT2D eigenvalue weighted by molar-refractivity contribution is 0.306. The lowest BCUT2D eigenvalue weighted by Gasteiger charge is -2.08. The summed E-state index contributed by atoms with van der Waals surface area (Å²) in [5.41, 5.74) is 2.94. The van der Waals surface area contributed by atoms with Crippen LogP contribution in [0.1, 0.15) is 11.4 Å². The molecule has 0 spiro atoms. The lowest BCUT2D eigenvalue weighted by Crippen LogP contribution is -1.95. The molecule has 3 rings (SSSR count). The Bertz CT molecular complexity index is 738. The van der Waals surface area contributed by atoms with Crippen LogP contribution in [0.2, 0.25) is 5.15 Å². The largest absolute Gasteiger partial charge is 0.489 e. The molecule has 0 aliphatic rings. The van der Waals surface area contributed by atoms with Crippen LogP contribution in [0.5, 0.6) is 5.75 Å². The van der Waals surface area contributed by atoms with Crippen molar-refractivity contribution in [1.82, 2.24) is 9.97 Å². The summed E-state index contributed by atoms with van der Waals surface area (Å²) in [6.45, 7) is 2.38. The van der Waals surface area contributed by atoms with Gasteiger partial charge in [-0.25, -0.2) is 9.97 Å². The Labute approximate surface area is 134 Å². The van der Waals surface area contributed by atoms with Gasteiger partial charge in [0.1, 0.15) is 23.3 Å². The maximum Gasteiger partial charge on any atom is 0.133 e. The van der Waals surface area contributed by atoms with E-state index >= 15 is 0 Å². The van der Waals surface area contributed by atoms with Crippen molar-refractivity contribution in [3.63, 3.8) is 0 Å². The van der Waals surface area contributed by atoms with E-state index in [-0.39, 0.29) is 0 Å². The van der Waals surface area contributed by atoms with E-state index in [2.05, 4.69) is 9.97 Å². The third-order valence-electron chi connectivity index (χ3n) is 3.21. The summed E-state index contributed by atoms with van der Waals surface area (Å²) in [7, 11) is 0. The molecule has 3 nitrogen and oxygen atoms in total. The number of rotatable bonds is 4. The molecule has 1 heterocycles. The van der Waals surface area contributed by atoms with Crippen LogP contribution in [0.4, 0.5) is 0 Å². The molecular formula is C18H15ClN2O. The van der Waals surface area contributed by atoms with Gasteiger partial charge in [-0.15, -0.1) is 0 Å². The van der Waals surface area contributed by atoms with Gasteiger partial charge in [-0.2, -0.15) is 0 Å². The Morgan fingerprint density at radius 1 is 0.955 bits per heavy atom. The van der Waals surface area contributed by atoms with E-state index in [0.717, 1.165) is 22.6 Å². The van der Waals surface area contributed by atoms with Crippen LogP contribution in [0.15, 0.2) is 60.7 Å². The molecule has 0 bridgehead atoms. The second-order valence-corrected chi connectivity index (χ2v) is 5.31. The molecular weight excluding hydrogens is 296 g/mol. The van der Waals surface area contributed by atoms with Gasteiger partial charge in [0.25, 0.3) is 0 Å². The van der Waals surface area contributed by atoms with Crippen molar-refractivity contribution < 1.29 is 4.74 Å². The molecule has 1 aromatic heterocycles. The van der Waals surface area contributed by atoms with Gasteiger partial charge in [-0.1, -0.05) is 41.9 Å². The van der Waals surface area contributed by atoms with Crippen LogP contribution < -0.4 is 4.74 Å². The first-order valence-corrected chi connectivity index (χ1v) is 7.37. The van der Waals surface area contributed by atoms with Crippen LogP contribution in [-0.2, 0) is 6.61 Å². The van der Waals surface area contributed by atoms with E-state index in [1.54, 1.807) is 6.07 Å². The Kier molecular flexibility index (Phi) is 4.35. The van der Waals surface area contributed by atoms with Crippen molar-refractivity contribution in [3.8, 4) is 17.0 Å². The minimum Gasteiger partial charge on any atom is -0.489 e. The Hall–Kier alpha value is -2.39. The molecule has 0 saturated carbocycles. The van der Waals surface area contributed by atoms with Gasteiger partial charge in [0.05, 0.1) is 5.69 Å². The number of aryl methyl sites for hydroxylation is 1. The molecule has 0 unspecified atom stereocenters. The highest BCUT2D eigenvalue weighted by molar-refractivity contribution is 6.29. The second kappa shape index (κ2) is 6.58. The minimum absolute atomic E-state index is 0.451. The second-order valence-electron chi connectivity index (χ2n) is 4.92. The summed E-state index contributed by atoms with van der Waals surface area (Å²) in [4.78, 5) is 8.46. The number of hydrogen-bond donors (Lipinski definition) is 0. The monoisotopic (exact) mass is 310 g/mol. The first kappa shape index (κ1) is 14.5. The maximum absolute atomic E-state index is 5.97. The van der Waals surface area contributed by atoms with Gasteiger partial charge >= 0.3 is 0 Å². The van der Waals surface area contributed by atoms with E-state index in [9.17, 15) is 0 Å². The molecule has 0 fully saturated rings. The SMILES string of the molecule is Cc1nc(Cl)cc(-c2ccc(OCc3ccccc3)cc2)n1. The van der Waals surface area contributed by atoms with Crippen molar-refractivity contribution in [2.75, 3.05) is 0 Å². The molecule has 3 aromatic rings. The summed E-state index contributed by atoms with van der Waals surface area (Å²) < 4.78 is 5.77. The summed E-state index contributed by atoms with van der Waals surface area (Å²) in [5, 5.41) is 0.451. The molecule has 110 valence electrons. The number of hydrogen-bond acceptors (Lipinski definition) is 3. The van der Waals surface area contributed by atoms with Crippen LogP contribution in [0.3, 0.4) is 0 Å². The van der Waals surface area contributed by atoms with E-state index in [0.29, 0.717) is 17.6 Å². The first-order valence-electron chi connectivity index (χ1n) is 6.99. The Morgan fingerprint density at radius 2 is 1.68 bits per heavy atom. The van der Waals surface area contributed by atoms with Crippen molar-refractivity contribution in [1.29, 1.82) is 0 Å². The van der Waals surface area contributed by atoms with Gasteiger partial charge in [0.2, 0.25) is 0 Å². The van der Waals surface area contributed by atoms with Crippen molar-refractivity contribution >= 4 is 11.6 Å². The summed E-state index contributed by atoms with van der Waals surface area (Å²) in [5.74, 6) is 1.48. The van der Waals surface area contributed by atoms with Crippen LogP contribution in [0.25, 0.3) is 11.3 Å². The maximum atomic E-state index is 5.97. The van der Waals surface area contributed by atoms with E-state index in [4.69, 9.17) is 16.3 Å². The number of nitrogens with zero attached hydrogens (tertiary/aromatic N) is 2. The summed E-state index contributed by atoms with van der Waals surface area (Å²) >= 11 is 5.97. The van der Waals surface area contributed by atoms with Crippen LogP contribution in [0, 0.1) is 6.92 Å². The molecule has 0 atom stereocenters. The Balaban J connectivity index is 1.72. The lowest BCUT2D eigenvalue weighted by atomic mass is 10.1. The molecule has 4 heteroatoms. The van der Waals surface area contributed by atoms with Gasteiger partial charge in [-0.3, -0.25) is 0 Å². The van der Waals surface area contributed by atoms with Gasteiger partial charge < -0.3 is 4.74 Å². The third kappa shape index (κ3) is 3.62. The number of ether oxygens (including phenoxy) is 1. The molecule has 0 aliphatic heterocycles. The average Bonchev–Trinajstić information content (AvgIpc) is 2.53. The number of halogens is 1. The standard InChI is InChI=1S/C18H15ClN2O/c1-13-20-17(11-18(19)21-13)15-7-9-16(10-8-15)22-12-14-5-3-2-4-6-14/h2-11H,12H2,1H3. The molecule has 0 saturated heterocycles. The number of aromatic nitrogens is 2. The molecule has 0 amide bonds. The predicted molar refractivity (Wildman–Crippen MR) is 88.0 cm³/mol. The zero-order valence-electron chi connectivity index (χ0n) is 12.2. The fraction of sp³-hybridized carbons (Fsp3) is 0.111. The molecule has 22 heavy (non-hydrogen) atoms. The quantitative estimate of drug-likeness (QED) is 0.656. The minimum atomic E-state index is 0.451. The van der Waals surface area contributed by atoms with Crippen LogP contribution in [-0.4, -0.2) is 9.97 Å². The highest BCUT2D eigenvalue weighted by atomic mass is 35.5. The van der Waals surface area contributed by atoms with Crippen LogP contribution >= 0.6 is 11.6 Å². The smallest absolute Gasteiger partial charge is 0.133 e. The zero-order valence-corrected chi connectivity index (χ0v) is 12.9. The summed E-state index contributed by atoms with van der Waals surface area (Å²) in [6.07, 6.45) is 0. The third-order valence-corrected chi connectivity index (χ3v) is 3.40. The van der Waals surface area contributed by atoms with Crippen molar-refractivity contribution in [2.24, 2.45) is 0 Å². The average molecular weight is 311 g/mol. The van der Waals surface area contributed by atoms with E-state index < -0.39 is 0 Å². The van der Waals surface area contributed by atoms with E-state index in [1.165, 1.54) is 0 Å². The van der Waals surface area contributed by atoms with Crippen molar-refractivity contribution in [2.45, 2.75) is 13.5 Å². The molecule has 0 N–H and O–H groups in total. The van der Waals surface area contributed by atoms with Gasteiger partial charge in [0, 0.05) is 11.6 Å². The molecule has 2 aromatic carbocycles. The summed E-state index contributed by atoms with van der Waals surface area (Å²) in [6, 6.07) is 19.7. The van der Waals surface area contributed by atoms with Gasteiger partial charge in [0.15, 0.2) is 0 Å². The normalized spacial score (nSPS) is 10.5. The first-order chi connectivity index (χ1) is 10.7.